The molecule has 0 bridgehead atoms. The van der Waals surface area contributed by atoms with Gasteiger partial charge in [0.15, 0.2) is 0 Å². The zero-order valence-corrected chi connectivity index (χ0v) is 14.5. The van der Waals surface area contributed by atoms with Crippen molar-refractivity contribution in [2.24, 2.45) is 0 Å². The maximum absolute atomic E-state index is 12.4. The number of carbonyl (C=O) groups excluding carboxylic acids is 1. The van der Waals surface area contributed by atoms with Crippen LogP contribution in [0.5, 0.6) is 5.75 Å². The summed E-state index contributed by atoms with van der Waals surface area (Å²) in [6, 6.07) is 12.4. The molecule has 2 aromatic rings. The molecular weight excluding hydrogens is 334 g/mol. The number of rotatable bonds is 6. The van der Waals surface area contributed by atoms with Gasteiger partial charge in [0.2, 0.25) is 5.91 Å². The van der Waals surface area contributed by atoms with Crippen LogP contribution in [-0.4, -0.2) is 24.5 Å². The number of carbonyl (C=O) groups is 1. The number of fused-ring (bicyclic) bond motifs is 1. The number of amides is 1. The molecule has 1 aliphatic rings. The molecule has 1 aliphatic carbocycles. The zero-order chi connectivity index (χ0) is 18.5. The number of nitro groups is 1. The minimum atomic E-state index is -0.482. The zero-order valence-electron chi connectivity index (χ0n) is 14.5. The molecule has 7 heteroatoms. The lowest BCUT2D eigenvalue weighted by Crippen LogP contribution is -2.35. The molecule has 136 valence electrons. The summed E-state index contributed by atoms with van der Waals surface area (Å²) in [5, 5.41) is 16.9. The third-order valence-corrected chi connectivity index (χ3v) is 4.54. The lowest BCUT2D eigenvalue weighted by molar-refractivity contribution is -0.384. The first kappa shape index (κ1) is 17.7. The number of nitrogens with one attached hydrogen (secondary N) is 2. The number of hydrogen-bond donors (Lipinski definition) is 2. The van der Waals surface area contributed by atoms with Gasteiger partial charge in [-0.1, -0.05) is 24.3 Å². The van der Waals surface area contributed by atoms with Crippen LogP contribution in [0.1, 0.15) is 30.0 Å². The summed E-state index contributed by atoms with van der Waals surface area (Å²) < 4.78 is 5.19. The molecule has 0 aliphatic heterocycles. The summed E-state index contributed by atoms with van der Waals surface area (Å²) in [6.45, 7) is 0.0101. The number of anilines is 1. The Kier molecular flexibility index (Phi) is 5.36. The summed E-state index contributed by atoms with van der Waals surface area (Å²) in [5.41, 5.74) is 2.80. The van der Waals surface area contributed by atoms with E-state index in [-0.39, 0.29) is 24.2 Å². The molecule has 7 nitrogen and oxygen atoms in total. The predicted octanol–water partition coefficient (Wildman–Crippen LogP) is 3.21. The molecule has 2 aromatic carbocycles. The molecule has 1 amide bonds. The third kappa shape index (κ3) is 3.93. The molecular formula is C19H21N3O4. The minimum Gasteiger partial charge on any atom is -0.495 e. The maximum Gasteiger partial charge on any atom is 0.271 e. The lowest BCUT2D eigenvalue weighted by Gasteiger charge is -2.26. The van der Waals surface area contributed by atoms with Crippen LogP contribution in [0, 0.1) is 10.1 Å². The second-order valence-corrected chi connectivity index (χ2v) is 6.21. The third-order valence-electron chi connectivity index (χ3n) is 4.54. The number of non-ortho nitro benzene ring substituents is 1. The molecule has 1 atom stereocenters. The smallest absolute Gasteiger partial charge is 0.271 e. The molecule has 0 fully saturated rings. The first-order chi connectivity index (χ1) is 12.6. The number of nitrogens with zero attached hydrogens (tertiary/aromatic N) is 1. The molecule has 0 saturated carbocycles. The van der Waals surface area contributed by atoms with Crippen LogP contribution in [0.3, 0.4) is 0 Å². The summed E-state index contributed by atoms with van der Waals surface area (Å²) >= 11 is 0. The summed E-state index contributed by atoms with van der Waals surface area (Å²) in [7, 11) is 1.48. The Morgan fingerprint density at radius 3 is 2.88 bits per heavy atom. The predicted molar refractivity (Wildman–Crippen MR) is 98.4 cm³/mol. The van der Waals surface area contributed by atoms with Gasteiger partial charge in [0.25, 0.3) is 5.69 Å². The van der Waals surface area contributed by atoms with E-state index in [1.54, 1.807) is 0 Å². The van der Waals surface area contributed by atoms with Crippen molar-refractivity contribution in [2.45, 2.75) is 25.3 Å². The molecule has 26 heavy (non-hydrogen) atoms. The minimum absolute atomic E-state index is 0.00116. The van der Waals surface area contributed by atoms with Crippen molar-refractivity contribution in [1.29, 1.82) is 0 Å². The molecule has 0 spiro atoms. The Morgan fingerprint density at radius 1 is 1.31 bits per heavy atom. The maximum atomic E-state index is 12.4. The van der Waals surface area contributed by atoms with E-state index >= 15 is 0 Å². The van der Waals surface area contributed by atoms with Crippen molar-refractivity contribution >= 4 is 17.3 Å². The highest BCUT2D eigenvalue weighted by Crippen LogP contribution is 2.30. The van der Waals surface area contributed by atoms with Crippen LogP contribution in [-0.2, 0) is 11.2 Å². The Morgan fingerprint density at radius 2 is 2.12 bits per heavy atom. The fraction of sp³-hybridized carbons (Fsp3) is 0.316. The highest BCUT2D eigenvalue weighted by Gasteiger charge is 2.21. The second kappa shape index (κ2) is 7.86. The number of ether oxygens (including phenoxy) is 1. The van der Waals surface area contributed by atoms with Gasteiger partial charge in [0.1, 0.15) is 5.75 Å². The van der Waals surface area contributed by atoms with Crippen molar-refractivity contribution in [3.05, 3.63) is 63.7 Å². The number of hydrogen-bond acceptors (Lipinski definition) is 5. The van der Waals surface area contributed by atoms with Crippen molar-refractivity contribution in [3.8, 4) is 5.75 Å². The van der Waals surface area contributed by atoms with Gasteiger partial charge in [-0.3, -0.25) is 14.9 Å². The van der Waals surface area contributed by atoms with E-state index in [1.165, 1.54) is 36.4 Å². The molecule has 0 saturated heterocycles. The van der Waals surface area contributed by atoms with Crippen molar-refractivity contribution in [3.63, 3.8) is 0 Å². The lowest BCUT2D eigenvalue weighted by atomic mass is 9.88. The van der Waals surface area contributed by atoms with E-state index in [4.69, 9.17) is 4.74 Å². The van der Waals surface area contributed by atoms with Gasteiger partial charge < -0.3 is 15.4 Å². The number of methoxy groups -OCH3 is 1. The fourth-order valence-corrected chi connectivity index (χ4v) is 3.27. The van der Waals surface area contributed by atoms with Crippen LogP contribution in [0.2, 0.25) is 0 Å². The van der Waals surface area contributed by atoms with Crippen LogP contribution >= 0.6 is 0 Å². The Bertz CT molecular complexity index is 822. The Labute approximate surface area is 151 Å². The van der Waals surface area contributed by atoms with Crippen molar-refractivity contribution in [1.82, 2.24) is 5.32 Å². The van der Waals surface area contributed by atoms with Gasteiger partial charge >= 0.3 is 0 Å². The SMILES string of the molecule is COc1ccc([N+](=O)[O-])cc1NCC(=O)NC1CCCc2ccccc21. The molecule has 0 radical (unpaired) electrons. The second-order valence-electron chi connectivity index (χ2n) is 6.21. The van der Waals surface area contributed by atoms with Crippen LogP contribution in [0.15, 0.2) is 42.5 Å². The van der Waals surface area contributed by atoms with Crippen LogP contribution in [0.25, 0.3) is 0 Å². The Hall–Kier alpha value is -3.09. The average molecular weight is 355 g/mol. The van der Waals surface area contributed by atoms with E-state index in [2.05, 4.69) is 22.8 Å². The average Bonchev–Trinajstić information content (AvgIpc) is 2.66. The van der Waals surface area contributed by atoms with E-state index in [0.717, 1.165) is 19.3 Å². The van der Waals surface area contributed by atoms with E-state index in [0.29, 0.717) is 11.4 Å². The molecule has 0 heterocycles. The van der Waals surface area contributed by atoms with Gasteiger partial charge in [-0.2, -0.15) is 0 Å². The van der Waals surface area contributed by atoms with Crippen molar-refractivity contribution in [2.75, 3.05) is 19.0 Å². The van der Waals surface area contributed by atoms with Gasteiger partial charge in [-0.15, -0.1) is 0 Å². The fourth-order valence-electron chi connectivity index (χ4n) is 3.27. The highest BCUT2D eigenvalue weighted by molar-refractivity contribution is 5.82. The van der Waals surface area contributed by atoms with Crippen LogP contribution in [0.4, 0.5) is 11.4 Å². The largest absolute Gasteiger partial charge is 0.495 e. The standard InChI is InChI=1S/C19H21N3O4/c1-26-18-10-9-14(22(24)25)11-17(18)20-12-19(23)21-16-8-4-6-13-5-2-3-7-15(13)16/h2-3,5,7,9-11,16,20H,4,6,8,12H2,1H3,(H,21,23). The first-order valence-electron chi connectivity index (χ1n) is 8.52. The summed E-state index contributed by atoms with van der Waals surface area (Å²) in [6.07, 6.45) is 2.97. The van der Waals surface area contributed by atoms with Gasteiger partial charge in [0, 0.05) is 12.1 Å². The van der Waals surface area contributed by atoms with Crippen LogP contribution < -0.4 is 15.4 Å². The summed E-state index contributed by atoms with van der Waals surface area (Å²) in [5.74, 6) is 0.284. The normalized spacial score (nSPS) is 15.7. The quantitative estimate of drug-likeness (QED) is 0.613. The number of aryl methyl sites for hydroxylation is 1. The van der Waals surface area contributed by atoms with Gasteiger partial charge in [0.05, 0.1) is 30.3 Å². The Balaban J connectivity index is 1.65. The van der Waals surface area contributed by atoms with Gasteiger partial charge in [-0.05, 0) is 36.5 Å². The summed E-state index contributed by atoms with van der Waals surface area (Å²) in [4.78, 5) is 22.8. The van der Waals surface area contributed by atoms with Crippen molar-refractivity contribution < 1.29 is 14.5 Å². The highest BCUT2D eigenvalue weighted by atomic mass is 16.6. The molecule has 3 rings (SSSR count). The van der Waals surface area contributed by atoms with E-state index in [9.17, 15) is 14.9 Å². The molecule has 1 unspecified atom stereocenters. The first-order valence-corrected chi connectivity index (χ1v) is 8.52. The molecule has 2 N–H and O–H groups in total. The van der Waals surface area contributed by atoms with Gasteiger partial charge in [-0.25, -0.2) is 0 Å². The van der Waals surface area contributed by atoms with E-state index in [1.807, 2.05) is 12.1 Å². The molecule has 0 aromatic heterocycles. The topological polar surface area (TPSA) is 93.5 Å². The number of benzene rings is 2. The number of nitro benzene ring substituents is 1. The monoisotopic (exact) mass is 355 g/mol. The van der Waals surface area contributed by atoms with E-state index < -0.39 is 4.92 Å².